The molecule has 5 rings (SSSR count). The summed E-state index contributed by atoms with van der Waals surface area (Å²) in [6.45, 7) is 0.441. The van der Waals surface area contributed by atoms with Crippen LogP contribution < -0.4 is 5.73 Å². The van der Waals surface area contributed by atoms with E-state index in [1.807, 2.05) is 60.7 Å². The average molecular weight is 472 g/mol. The van der Waals surface area contributed by atoms with Crippen molar-refractivity contribution in [2.45, 2.75) is 37.1 Å². The van der Waals surface area contributed by atoms with E-state index >= 15 is 0 Å². The highest BCUT2D eigenvalue weighted by Gasteiger charge is 2.55. The summed E-state index contributed by atoms with van der Waals surface area (Å²) < 4.78 is 19.9. The maximum atomic E-state index is 11.4. The van der Waals surface area contributed by atoms with Gasteiger partial charge in [0, 0.05) is 0 Å². The predicted molar refractivity (Wildman–Crippen MR) is 127 cm³/mol. The minimum atomic E-state index is -1.66. The Bertz CT molecular complexity index is 1320. The summed E-state index contributed by atoms with van der Waals surface area (Å²) in [5.74, 6) is 0.265. The van der Waals surface area contributed by atoms with E-state index in [1.165, 1.54) is 10.8 Å². The van der Waals surface area contributed by atoms with Gasteiger partial charge in [-0.15, -0.1) is 0 Å². The average Bonchev–Trinajstić information content (AvgIpc) is 3.34. The summed E-state index contributed by atoms with van der Waals surface area (Å²) in [7, 11) is 0. The van der Waals surface area contributed by atoms with Crippen LogP contribution >= 0.6 is 0 Å². The summed E-state index contributed by atoms with van der Waals surface area (Å²) in [6.07, 6.45) is -1.62. The van der Waals surface area contributed by atoms with Gasteiger partial charge in [0.25, 0.3) is 0 Å². The van der Waals surface area contributed by atoms with Gasteiger partial charge in [-0.05, 0) is 23.3 Å². The van der Waals surface area contributed by atoms with Crippen LogP contribution in [-0.4, -0.2) is 44.6 Å². The smallest absolute Gasteiger partial charge is 0.225 e. The summed E-state index contributed by atoms with van der Waals surface area (Å²) in [5, 5.41) is 26.1. The molecule has 3 heterocycles. The Kier molecular flexibility index (Phi) is 6.44. The third-order valence-corrected chi connectivity index (χ3v) is 6.17. The van der Waals surface area contributed by atoms with Gasteiger partial charge in [-0.25, -0.2) is 9.50 Å². The van der Waals surface area contributed by atoms with E-state index in [9.17, 15) is 10.4 Å². The monoisotopic (exact) mass is 471 g/mol. The van der Waals surface area contributed by atoms with Gasteiger partial charge in [0.1, 0.15) is 36.2 Å². The second kappa shape index (κ2) is 9.82. The molecular weight excluding hydrogens is 446 g/mol. The number of fused-ring (bicyclic) bond motifs is 1. The summed E-state index contributed by atoms with van der Waals surface area (Å²) >= 11 is 0. The summed E-state index contributed by atoms with van der Waals surface area (Å²) in [4.78, 5) is 4.01. The van der Waals surface area contributed by atoms with Crippen molar-refractivity contribution in [3.63, 3.8) is 0 Å². The van der Waals surface area contributed by atoms with Crippen LogP contribution in [0.15, 0.2) is 79.1 Å². The topological polar surface area (TPSA) is 128 Å². The molecule has 178 valence electrons. The number of ether oxygens (including phenoxy) is 3. The Hall–Kier alpha value is -3.81. The SMILES string of the molecule is N#C[C@]1(c2ccc3c(N)ncnn23)OC[C@@H](OCc2ccccc2)[C@@H](O)[C@H]1OCc1ccccc1. The van der Waals surface area contributed by atoms with E-state index in [1.54, 1.807) is 12.1 Å². The molecule has 0 bridgehead atoms. The van der Waals surface area contributed by atoms with E-state index in [-0.39, 0.29) is 25.6 Å². The molecule has 1 aliphatic heterocycles. The molecule has 9 nitrogen and oxygen atoms in total. The number of benzene rings is 2. The van der Waals surface area contributed by atoms with Gasteiger partial charge in [-0.3, -0.25) is 0 Å². The number of rotatable bonds is 7. The number of nitriles is 1. The van der Waals surface area contributed by atoms with Gasteiger partial charge >= 0.3 is 0 Å². The van der Waals surface area contributed by atoms with Crippen molar-refractivity contribution in [2.75, 3.05) is 12.3 Å². The first kappa shape index (κ1) is 23.0. The van der Waals surface area contributed by atoms with Crippen molar-refractivity contribution in [1.82, 2.24) is 14.6 Å². The van der Waals surface area contributed by atoms with E-state index < -0.39 is 23.9 Å². The second-order valence-corrected chi connectivity index (χ2v) is 8.36. The lowest BCUT2D eigenvalue weighted by Gasteiger charge is -2.44. The minimum absolute atomic E-state index is 0.0133. The zero-order valence-corrected chi connectivity index (χ0v) is 18.9. The summed E-state index contributed by atoms with van der Waals surface area (Å²) in [6, 6.07) is 24.8. The van der Waals surface area contributed by atoms with Crippen LogP contribution in [0.1, 0.15) is 16.8 Å². The second-order valence-electron chi connectivity index (χ2n) is 8.36. The molecule has 1 aliphatic rings. The molecule has 2 aromatic heterocycles. The quantitative estimate of drug-likeness (QED) is 0.421. The normalized spacial score (nSPS) is 24.3. The van der Waals surface area contributed by atoms with Gasteiger partial charge < -0.3 is 25.1 Å². The minimum Gasteiger partial charge on any atom is -0.387 e. The van der Waals surface area contributed by atoms with E-state index in [0.717, 1.165) is 11.1 Å². The number of aromatic nitrogens is 3. The van der Waals surface area contributed by atoms with E-state index in [4.69, 9.17) is 19.9 Å². The molecule has 0 radical (unpaired) electrons. The van der Waals surface area contributed by atoms with Crippen molar-refractivity contribution in [2.24, 2.45) is 0 Å². The van der Waals surface area contributed by atoms with Crippen molar-refractivity contribution in [3.05, 3.63) is 95.9 Å². The van der Waals surface area contributed by atoms with Crippen molar-refractivity contribution in [1.29, 1.82) is 5.26 Å². The first-order valence-corrected chi connectivity index (χ1v) is 11.3. The van der Waals surface area contributed by atoms with Gasteiger partial charge in [-0.1, -0.05) is 60.7 Å². The number of nitrogens with two attached hydrogens (primary N) is 1. The van der Waals surface area contributed by atoms with Crippen LogP contribution in [0, 0.1) is 11.3 Å². The standard InChI is InChI=1S/C26H25N5O4/c27-16-26(22-12-11-20-25(28)29-17-30-31(20)22)24(34-14-19-9-5-2-6-10-19)23(32)21(15-35-26)33-13-18-7-3-1-4-8-18/h1-12,17,21,23-24,32H,13-15H2,(H2,28,29,30)/t21-,23-,24-,26-/m1/s1. The number of aliphatic hydroxyl groups is 1. The molecule has 4 aromatic rings. The zero-order chi connectivity index (χ0) is 24.3. The first-order valence-electron chi connectivity index (χ1n) is 11.3. The van der Waals surface area contributed by atoms with Gasteiger partial charge in [0.15, 0.2) is 5.82 Å². The number of hydrogen-bond donors (Lipinski definition) is 2. The van der Waals surface area contributed by atoms with Crippen LogP contribution in [0.25, 0.3) is 5.52 Å². The molecule has 0 unspecified atom stereocenters. The Balaban J connectivity index is 1.48. The fourth-order valence-electron chi connectivity index (χ4n) is 4.34. The molecule has 1 fully saturated rings. The first-order chi connectivity index (χ1) is 17.1. The molecule has 3 N–H and O–H groups in total. The number of nitrogens with zero attached hydrogens (tertiary/aromatic N) is 4. The molecule has 0 saturated carbocycles. The highest BCUT2D eigenvalue weighted by Crippen LogP contribution is 2.39. The highest BCUT2D eigenvalue weighted by atomic mass is 16.6. The van der Waals surface area contributed by atoms with E-state index in [0.29, 0.717) is 11.2 Å². The molecule has 35 heavy (non-hydrogen) atoms. The number of aliphatic hydroxyl groups excluding tert-OH is 1. The largest absolute Gasteiger partial charge is 0.387 e. The molecule has 0 aliphatic carbocycles. The molecule has 9 heteroatoms. The van der Waals surface area contributed by atoms with Crippen LogP contribution in [0.4, 0.5) is 5.82 Å². The van der Waals surface area contributed by atoms with Crippen LogP contribution in [0.2, 0.25) is 0 Å². The van der Waals surface area contributed by atoms with Crippen LogP contribution in [0.3, 0.4) is 0 Å². The predicted octanol–water partition coefficient (Wildman–Crippen LogP) is 2.59. The molecular formula is C26H25N5O4. The van der Waals surface area contributed by atoms with Crippen molar-refractivity contribution >= 4 is 11.3 Å². The van der Waals surface area contributed by atoms with E-state index in [2.05, 4.69) is 16.2 Å². The lowest BCUT2D eigenvalue weighted by Crippen LogP contribution is -2.60. The van der Waals surface area contributed by atoms with Gasteiger partial charge in [0.05, 0.1) is 25.5 Å². The third kappa shape index (κ3) is 4.36. The Labute approximate surface area is 202 Å². The van der Waals surface area contributed by atoms with Crippen molar-refractivity contribution in [3.8, 4) is 6.07 Å². The zero-order valence-electron chi connectivity index (χ0n) is 18.9. The van der Waals surface area contributed by atoms with Gasteiger partial charge in [-0.2, -0.15) is 10.4 Å². The molecule has 2 aromatic carbocycles. The third-order valence-electron chi connectivity index (χ3n) is 6.17. The maximum Gasteiger partial charge on any atom is 0.225 e. The van der Waals surface area contributed by atoms with Crippen molar-refractivity contribution < 1.29 is 19.3 Å². The Morgan fingerprint density at radius 1 is 1.03 bits per heavy atom. The number of nitrogen functional groups attached to an aromatic ring is 1. The lowest BCUT2D eigenvalue weighted by atomic mass is 9.85. The Morgan fingerprint density at radius 3 is 2.34 bits per heavy atom. The van der Waals surface area contributed by atoms with Gasteiger partial charge in [0.2, 0.25) is 5.60 Å². The number of hydrogen-bond acceptors (Lipinski definition) is 8. The molecule has 4 atom stereocenters. The summed E-state index contributed by atoms with van der Waals surface area (Å²) in [5.41, 5.74) is 7.12. The fraction of sp³-hybridized carbons (Fsp3) is 0.269. The molecule has 0 spiro atoms. The number of anilines is 1. The molecule has 1 saturated heterocycles. The fourth-order valence-corrected chi connectivity index (χ4v) is 4.34. The highest BCUT2D eigenvalue weighted by molar-refractivity contribution is 5.66. The van der Waals surface area contributed by atoms with Crippen LogP contribution in [0.5, 0.6) is 0 Å². The maximum absolute atomic E-state index is 11.4. The Morgan fingerprint density at radius 2 is 1.69 bits per heavy atom. The van der Waals surface area contributed by atoms with Crippen LogP contribution in [-0.2, 0) is 33.0 Å². The lowest BCUT2D eigenvalue weighted by molar-refractivity contribution is -0.251. The molecule has 0 amide bonds.